The predicted octanol–water partition coefficient (Wildman–Crippen LogP) is 4.32. The molecule has 1 aliphatic heterocycles. The number of rotatable bonds is 9. The number of para-hydroxylation sites is 1. The van der Waals surface area contributed by atoms with Crippen LogP contribution in [0.1, 0.15) is 67.5 Å². The molecule has 2 amide bonds. The Kier molecular flexibility index (Phi) is 8.14. The Morgan fingerprint density at radius 2 is 1.94 bits per heavy atom. The molecule has 0 radical (unpaired) electrons. The summed E-state index contributed by atoms with van der Waals surface area (Å²) in [6.45, 7) is 3.16. The molecule has 174 valence electrons. The molecule has 1 unspecified atom stereocenters. The number of fused-ring (bicyclic) bond motifs is 1. The SMILES string of the molecule is NC(=O)C1CCCN(CCCNC(=O)c2oc3ccccc3c2CSC2CCCCC2)C1. The van der Waals surface area contributed by atoms with E-state index in [1.54, 1.807) is 0 Å². The zero-order chi connectivity index (χ0) is 22.3. The first kappa shape index (κ1) is 23.2. The Morgan fingerprint density at radius 3 is 2.75 bits per heavy atom. The van der Waals surface area contributed by atoms with Crippen molar-refractivity contribution in [2.75, 3.05) is 26.2 Å². The Hall–Kier alpha value is -1.99. The molecule has 0 spiro atoms. The Balaban J connectivity index is 1.32. The fraction of sp³-hybridized carbons (Fsp3) is 0.600. The van der Waals surface area contributed by atoms with Crippen molar-refractivity contribution in [2.45, 2.75) is 62.4 Å². The van der Waals surface area contributed by atoms with Crippen LogP contribution in [0, 0.1) is 5.92 Å². The van der Waals surface area contributed by atoms with Gasteiger partial charge in [0.2, 0.25) is 5.91 Å². The molecule has 1 atom stereocenters. The zero-order valence-electron chi connectivity index (χ0n) is 18.8. The van der Waals surface area contributed by atoms with Crippen LogP contribution in [0.25, 0.3) is 11.0 Å². The number of amides is 2. The first-order valence-electron chi connectivity index (χ1n) is 12.0. The van der Waals surface area contributed by atoms with Crippen molar-refractivity contribution in [1.82, 2.24) is 10.2 Å². The lowest BCUT2D eigenvalue weighted by Gasteiger charge is -2.31. The largest absolute Gasteiger partial charge is 0.451 e. The number of carbonyl (C=O) groups excluding carboxylic acids is 2. The van der Waals surface area contributed by atoms with Crippen molar-refractivity contribution in [1.29, 1.82) is 0 Å². The van der Waals surface area contributed by atoms with Gasteiger partial charge in [-0.3, -0.25) is 9.59 Å². The maximum Gasteiger partial charge on any atom is 0.287 e. The standard InChI is InChI=1S/C25H35N3O3S/c26-24(29)18-8-6-14-28(16-18)15-7-13-27-25(30)23-21(17-32-19-9-2-1-3-10-19)20-11-4-5-12-22(20)31-23/h4-5,11-12,18-19H,1-3,6-10,13-17H2,(H2,26,29)(H,27,30). The molecule has 32 heavy (non-hydrogen) atoms. The number of thioether (sulfide) groups is 1. The maximum absolute atomic E-state index is 13.0. The van der Waals surface area contributed by atoms with Crippen LogP contribution in [0.3, 0.4) is 0 Å². The van der Waals surface area contributed by atoms with E-state index in [1.807, 2.05) is 30.0 Å². The molecule has 1 aromatic heterocycles. The van der Waals surface area contributed by atoms with Gasteiger partial charge in [-0.05, 0) is 51.3 Å². The molecule has 4 rings (SSSR count). The summed E-state index contributed by atoms with van der Waals surface area (Å²) in [7, 11) is 0. The summed E-state index contributed by atoms with van der Waals surface area (Å²) in [5, 5.41) is 4.78. The van der Waals surface area contributed by atoms with Gasteiger partial charge in [-0.1, -0.05) is 37.5 Å². The normalized spacial score (nSPS) is 20.4. The van der Waals surface area contributed by atoms with Gasteiger partial charge in [0.1, 0.15) is 5.58 Å². The summed E-state index contributed by atoms with van der Waals surface area (Å²) in [5.74, 6) is 0.896. The first-order valence-corrected chi connectivity index (χ1v) is 13.1. The van der Waals surface area contributed by atoms with Crippen LogP contribution >= 0.6 is 11.8 Å². The van der Waals surface area contributed by atoms with Gasteiger partial charge in [0.05, 0.1) is 5.92 Å². The number of furan rings is 1. The minimum atomic E-state index is -0.202. The van der Waals surface area contributed by atoms with E-state index in [0.29, 0.717) is 17.6 Å². The summed E-state index contributed by atoms with van der Waals surface area (Å²) in [6, 6.07) is 7.94. The zero-order valence-corrected chi connectivity index (χ0v) is 19.6. The lowest BCUT2D eigenvalue weighted by Crippen LogP contribution is -2.42. The highest BCUT2D eigenvalue weighted by Gasteiger charge is 2.24. The quantitative estimate of drug-likeness (QED) is 0.548. The number of primary amides is 1. The van der Waals surface area contributed by atoms with Crippen molar-refractivity contribution < 1.29 is 14.0 Å². The second-order valence-corrected chi connectivity index (χ2v) is 10.4. The highest BCUT2D eigenvalue weighted by atomic mass is 32.2. The van der Waals surface area contributed by atoms with E-state index < -0.39 is 0 Å². The predicted molar refractivity (Wildman–Crippen MR) is 130 cm³/mol. The maximum atomic E-state index is 13.0. The van der Waals surface area contributed by atoms with Crippen LogP contribution in [-0.4, -0.2) is 48.1 Å². The molecule has 2 aromatic rings. The minimum Gasteiger partial charge on any atom is -0.451 e. The van der Waals surface area contributed by atoms with E-state index in [1.165, 1.54) is 32.1 Å². The smallest absolute Gasteiger partial charge is 0.287 e. The molecule has 6 nitrogen and oxygen atoms in total. The van der Waals surface area contributed by atoms with Crippen LogP contribution in [0.5, 0.6) is 0 Å². The van der Waals surface area contributed by atoms with E-state index in [9.17, 15) is 9.59 Å². The average Bonchev–Trinajstić information content (AvgIpc) is 3.20. The molecular weight excluding hydrogens is 422 g/mol. The first-order chi connectivity index (χ1) is 15.6. The number of benzene rings is 1. The molecule has 3 N–H and O–H groups in total. The number of hydrogen-bond donors (Lipinski definition) is 2. The second kappa shape index (κ2) is 11.2. The molecule has 1 aliphatic carbocycles. The Morgan fingerprint density at radius 1 is 1.12 bits per heavy atom. The Bertz CT molecular complexity index is 922. The van der Waals surface area contributed by atoms with Gasteiger partial charge in [-0.2, -0.15) is 11.8 Å². The molecule has 1 saturated carbocycles. The van der Waals surface area contributed by atoms with Crippen molar-refractivity contribution in [3.63, 3.8) is 0 Å². The van der Waals surface area contributed by atoms with Crippen molar-refractivity contribution in [3.05, 3.63) is 35.6 Å². The third-order valence-corrected chi connectivity index (χ3v) is 8.16. The number of carbonyl (C=O) groups is 2. The average molecular weight is 458 g/mol. The number of nitrogens with one attached hydrogen (secondary N) is 1. The molecule has 1 saturated heterocycles. The molecular formula is C25H35N3O3S. The number of nitrogens with two attached hydrogens (primary N) is 1. The number of nitrogens with zero attached hydrogens (tertiary/aromatic N) is 1. The summed E-state index contributed by atoms with van der Waals surface area (Å²) in [6.07, 6.45) is 9.24. The van der Waals surface area contributed by atoms with E-state index in [2.05, 4.69) is 16.3 Å². The summed E-state index contributed by atoms with van der Waals surface area (Å²) < 4.78 is 6.00. The second-order valence-electron chi connectivity index (χ2n) is 9.13. The Labute approximate surface area is 194 Å². The minimum absolute atomic E-state index is 0.0434. The third kappa shape index (κ3) is 5.87. The van der Waals surface area contributed by atoms with E-state index in [4.69, 9.17) is 10.2 Å². The van der Waals surface area contributed by atoms with Gasteiger partial charge in [0.15, 0.2) is 5.76 Å². The van der Waals surface area contributed by atoms with Gasteiger partial charge in [0.25, 0.3) is 5.91 Å². The molecule has 2 aliphatic rings. The van der Waals surface area contributed by atoms with Gasteiger partial charge < -0.3 is 20.4 Å². The summed E-state index contributed by atoms with van der Waals surface area (Å²) in [4.78, 5) is 26.7. The van der Waals surface area contributed by atoms with E-state index in [0.717, 1.165) is 61.2 Å². The van der Waals surface area contributed by atoms with Crippen LogP contribution in [0.4, 0.5) is 0 Å². The topological polar surface area (TPSA) is 88.6 Å². The number of hydrogen-bond acceptors (Lipinski definition) is 5. The van der Waals surface area contributed by atoms with Crippen LogP contribution in [-0.2, 0) is 10.5 Å². The van der Waals surface area contributed by atoms with Gasteiger partial charge in [-0.25, -0.2) is 0 Å². The lowest BCUT2D eigenvalue weighted by molar-refractivity contribution is -0.123. The fourth-order valence-corrected chi connectivity index (χ4v) is 6.29. The number of piperidine rings is 1. The molecule has 7 heteroatoms. The van der Waals surface area contributed by atoms with Gasteiger partial charge in [0, 0.05) is 35.0 Å². The van der Waals surface area contributed by atoms with Crippen molar-refractivity contribution >= 4 is 34.5 Å². The summed E-state index contributed by atoms with van der Waals surface area (Å²) in [5.41, 5.74) is 7.27. The highest BCUT2D eigenvalue weighted by molar-refractivity contribution is 7.99. The van der Waals surface area contributed by atoms with Crippen LogP contribution < -0.4 is 11.1 Å². The fourth-order valence-electron chi connectivity index (χ4n) is 4.93. The van der Waals surface area contributed by atoms with Crippen molar-refractivity contribution in [3.8, 4) is 0 Å². The number of likely N-dealkylation sites (tertiary alicyclic amines) is 1. The highest BCUT2D eigenvalue weighted by Crippen LogP contribution is 2.35. The molecule has 2 fully saturated rings. The van der Waals surface area contributed by atoms with E-state index >= 15 is 0 Å². The molecule has 1 aromatic carbocycles. The molecule has 2 heterocycles. The monoisotopic (exact) mass is 457 g/mol. The molecule has 0 bridgehead atoms. The van der Waals surface area contributed by atoms with Crippen LogP contribution in [0.2, 0.25) is 0 Å². The van der Waals surface area contributed by atoms with Crippen LogP contribution in [0.15, 0.2) is 28.7 Å². The van der Waals surface area contributed by atoms with Gasteiger partial charge in [-0.15, -0.1) is 0 Å². The lowest BCUT2D eigenvalue weighted by atomic mass is 9.97. The third-order valence-electron chi connectivity index (χ3n) is 6.76. The van der Waals surface area contributed by atoms with Crippen molar-refractivity contribution in [2.24, 2.45) is 11.7 Å². The van der Waals surface area contributed by atoms with Gasteiger partial charge >= 0.3 is 0 Å². The van der Waals surface area contributed by atoms with E-state index in [-0.39, 0.29) is 17.7 Å². The summed E-state index contributed by atoms with van der Waals surface area (Å²) >= 11 is 1.97.